The summed E-state index contributed by atoms with van der Waals surface area (Å²) in [4.78, 5) is 23.6. The quantitative estimate of drug-likeness (QED) is 0.451. The molecule has 4 N–H and O–H groups in total. The van der Waals surface area contributed by atoms with E-state index in [2.05, 4.69) is 21.0 Å². The number of halogens is 1. The van der Waals surface area contributed by atoms with E-state index in [9.17, 15) is 14.7 Å². The van der Waals surface area contributed by atoms with Crippen LogP contribution in [0.15, 0.2) is 54.7 Å². The van der Waals surface area contributed by atoms with Crippen LogP contribution in [0.25, 0.3) is 11.3 Å². The molecule has 0 unspecified atom stereocenters. The van der Waals surface area contributed by atoms with Crippen LogP contribution in [0.1, 0.15) is 6.42 Å². The van der Waals surface area contributed by atoms with Crippen LogP contribution in [0.5, 0.6) is 5.75 Å². The Morgan fingerprint density at radius 1 is 1.16 bits per heavy atom. The first-order valence-electron chi connectivity index (χ1n) is 9.98. The minimum Gasteiger partial charge on any atom is -0.488 e. The molecule has 2 atom stereocenters. The zero-order chi connectivity index (χ0) is 22.7. The Labute approximate surface area is 189 Å². The highest BCUT2D eigenvalue weighted by molar-refractivity contribution is 6.30. The van der Waals surface area contributed by atoms with Gasteiger partial charge in [0.05, 0.1) is 5.69 Å². The summed E-state index contributed by atoms with van der Waals surface area (Å²) in [6.45, 7) is 0.436. The van der Waals surface area contributed by atoms with Crippen molar-refractivity contribution < 1.29 is 19.4 Å². The van der Waals surface area contributed by atoms with E-state index < -0.39 is 18.0 Å². The van der Waals surface area contributed by atoms with E-state index in [1.165, 1.54) is 0 Å². The predicted molar refractivity (Wildman–Crippen MR) is 121 cm³/mol. The highest BCUT2D eigenvalue weighted by Gasteiger charge is 2.31. The minimum atomic E-state index is -0.894. The highest BCUT2D eigenvalue weighted by atomic mass is 35.5. The molecule has 1 aliphatic rings. The number of aliphatic carboxylic acids is 1. The number of nitrogens with zero attached hydrogens (tertiary/aromatic N) is 2. The Morgan fingerprint density at radius 2 is 1.88 bits per heavy atom. The van der Waals surface area contributed by atoms with Gasteiger partial charge < -0.3 is 25.8 Å². The first kappa shape index (κ1) is 21.7. The van der Waals surface area contributed by atoms with Crippen molar-refractivity contribution in [3.05, 3.63) is 59.8 Å². The smallest absolute Gasteiger partial charge is 0.323 e. The summed E-state index contributed by atoms with van der Waals surface area (Å²) in [5.74, 6) is -0.315. The Kier molecular flexibility index (Phi) is 6.29. The largest absolute Gasteiger partial charge is 0.488 e. The van der Waals surface area contributed by atoms with Crippen LogP contribution in [0.2, 0.25) is 5.02 Å². The van der Waals surface area contributed by atoms with Crippen molar-refractivity contribution in [1.82, 2.24) is 15.1 Å². The van der Waals surface area contributed by atoms with E-state index in [1.54, 1.807) is 53.3 Å². The second kappa shape index (κ2) is 9.29. The summed E-state index contributed by atoms with van der Waals surface area (Å²) in [5.41, 5.74) is 2.70. The Morgan fingerprint density at radius 3 is 2.53 bits per heavy atom. The van der Waals surface area contributed by atoms with Crippen LogP contribution in [0, 0.1) is 0 Å². The van der Waals surface area contributed by atoms with E-state index in [1.807, 2.05) is 13.1 Å². The second-order valence-electron chi connectivity index (χ2n) is 7.41. The van der Waals surface area contributed by atoms with Gasteiger partial charge in [-0.1, -0.05) is 11.6 Å². The average molecular weight is 456 g/mol. The number of aryl methyl sites for hydroxylation is 1. The van der Waals surface area contributed by atoms with Crippen molar-refractivity contribution in [2.75, 3.05) is 17.2 Å². The predicted octanol–water partition coefficient (Wildman–Crippen LogP) is 3.58. The zero-order valence-corrected chi connectivity index (χ0v) is 18.0. The van der Waals surface area contributed by atoms with Gasteiger partial charge in [-0.25, -0.2) is 4.79 Å². The molecule has 1 fully saturated rings. The summed E-state index contributed by atoms with van der Waals surface area (Å²) in [5, 5.41) is 22.5. The molecule has 2 aromatic carbocycles. The number of amides is 2. The molecule has 4 rings (SSSR count). The van der Waals surface area contributed by atoms with Gasteiger partial charge in [-0.3, -0.25) is 9.48 Å². The van der Waals surface area contributed by atoms with E-state index in [0.29, 0.717) is 35.1 Å². The molecule has 0 saturated carbocycles. The molecule has 9 nitrogen and oxygen atoms in total. The molecule has 2 heterocycles. The normalized spacial score (nSPS) is 17.7. The summed E-state index contributed by atoms with van der Waals surface area (Å²) in [7, 11) is 1.81. The number of nitrogens with one attached hydrogen (secondary N) is 3. The Bertz CT molecular complexity index is 1130. The first-order chi connectivity index (χ1) is 15.4. The molecule has 166 valence electrons. The fraction of sp³-hybridized carbons (Fsp3) is 0.227. The highest BCUT2D eigenvalue weighted by Crippen LogP contribution is 2.34. The number of carboxylic acids is 1. The number of hydrogen-bond donors (Lipinski definition) is 4. The van der Waals surface area contributed by atoms with Crippen LogP contribution in [-0.4, -0.2) is 45.6 Å². The number of hydrogen-bond acceptors (Lipinski definition) is 5. The van der Waals surface area contributed by atoms with Gasteiger partial charge in [0.1, 0.15) is 17.9 Å². The van der Waals surface area contributed by atoms with Crippen molar-refractivity contribution >= 4 is 35.0 Å². The summed E-state index contributed by atoms with van der Waals surface area (Å²) < 4.78 is 7.83. The Balaban J connectivity index is 1.53. The van der Waals surface area contributed by atoms with Gasteiger partial charge in [0, 0.05) is 48.2 Å². The number of ether oxygens (including phenoxy) is 1. The lowest BCUT2D eigenvalue weighted by Gasteiger charge is -2.18. The number of urea groups is 1. The van der Waals surface area contributed by atoms with Crippen molar-refractivity contribution in [3.8, 4) is 17.0 Å². The third-order valence-electron chi connectivity index (χ3n) is 5.12. The van der Waals surface area contributed by atoms with Crippen molar-refractivity contribution in [3.63, 3.8) is 0 Å². The van der Waals surface area contributed by atoms with Crippen LogP contribution < -0.4 is 20.7 Å². The number of rotatable bonds is 6. The van der Waals surface area contributed by atoms with Crippen LogP contribution in [0.3, 0.4) is 0 Å². The van der Waals surface area contributed by atoms with Gasteiger partial charge in [0.15, 0.2) is 0 Å². The van der Waals surface area contributed by atoms with E-state index in [0.717, 1.165) is 11.3 Å². The van der Waals surface area contributed by atoms with Crippen molar-refractivity contribution in [2.24, 2.45) is 7.05 Å². The van der Waals surface area contributed by atoms with Crippen LogP contribution >= 0.6 is 11.6 Å². The molecule has 32 heavy (non-hydrogen) atoms. The minimum absolute atomic E-state index is 0.282. The van der Waals surface area contributed by atoms with Crippen LogP contribution in [-0.2, 0) is 11.8 Å². The molecule has 1 aromatic heterocycles. The van der Waals surface area contributed by atoms with Gasteiger partial charge in [-0.2, -0.15) is 5.10 Å². The SMILES string of the molecule is Cn1nccc1-c1cc(NC(=O)Nc2ccc(Cl)cc2)ccc1O[C@H]1CN[C@@H](C(=O)O)C1. The fourth-order valence-electron chi connectivity index (χ4n) is 3.54. The lowest BCUT2D eigenvalue weighted by Crippen LogP contribution is -2.30. The van der Waals surface area contributed by atoms with Gasteiger partial charge in [-0.15, -0.1) is 0 Å². The number of aromatic nitrogens is 2. The monoisotopic (exact) mass is 455 g/mol. The van der Waals surface area contributed by atoms with Gasteiger partial charge in [-0.05, 0) is 48.5 Å². The van der Waals surface area contributed by atoms with Gasteiger partial charge in [0.2, 0.25) is 0 Å². The van der Waals surface area contributed by atoms with E-state index in [-0.39, 0.29) is 6.10 Å². The summed E-state index contributed by atoms with van der Waals surface area (Å²) in [6.07, 6.45) is 1.75. The van der Waals surface area contributed by atoms with Crippen molar-refractivity contribution in [1.29, 1.82) is 0 Å². The molecule has 0 spiro atoms. The first-order valence-corrected chi connectivity index (χ1v) is 10.4. The third-order valence-corrected chi connectivity index (χ3v) is 5.37. The molecule has 10 heteroatoms. The lowest BCUT2D eigenvalue weighted by molar-refractivity contribution is -0.139. The maximum atomic E-state index is 12.4. The average Bonchev–Trinajstić information content (AvgIpc) is 3.40. The molecule has 1 aliphatic heterocycles. The van der Waals surface area contributed by atoms with Gasteiger partial charge in [0.25, 0.3) is 0 Å². The lowest BCUT2D eigenvalue weighted by atomic mass is 10.1. The van der Waals surface area contributed by atoms with E-state index in [4.69, 9.17) is 16.3 Å². The fourth-order valence-corrected chi connectivity index (χ4v) is 3.66. The topological polar surface area (TPSA) is 118 Å². The van der Waals surface area contributed by atoms with E-state index >= 15 is 0 Å². The number of anilines is 2. The number of carbonyl (C=O) groups excluding carboxylic acids is 1. The molecule has 0 bridgehead atoms. The molecular weight excluding hydrogens is 434 g/mol. The van der Waals surface area contributed by atoms with Crippen molar-refractivity contribution in [2.45, 2.75) is 18.6 Å². The Hall–Kier alpha value is -3.56. The molecular formula is C22H22ClN5O4. The third kappa shape index (κ3) is 5.01. The van der Waals surface area contributed by atoms with Crippen LogP contribution in [0.4, 0.5) is 16.2 Å². The van der Waals surface area contributed by atoms with Gasteiger partial charge >= 0.3 is 12.0 Å². The number of benzene rings is 2. The zero-order valence-electron chi connectivity index (χ0n) is 17.2. The molecule has 3 aromatic rings. The summed E-state index contributed by atoms with van der Waals surface area (Å²) >= 11 is 5.88. The number of carbonyl (C=O) groups is 2. The molecule has 0 radical (unpaired) electrons. The maximum Gasteiger partial charge on any atom is 0.323 e. The molecule has 0 aliphatic carbocycles. The maximum absolute atomic E-state index is 12.4. The standard InChI is InChI=1S/C22H22ClN5O4/c1-28-19(8-9-25-28)17-10-15(27-22(31)26-14-4-2-13(23)3-5-14)6-7-20(17)32-16-11-18(21(29)30)24-12-16/h2-10,16,18,24H,11-12H2,1H3,(H,29,30)(H2,26,27,31)/t16-,18-/m1/s1. The molecule has 1 saturated heterocycles. The molecule has 2 amide bonds. The second-order valence-corrected chi connectivity index (χ2v) is 7.85. The summed E-state index contributed by atoms with van der Waals surface area (Å²) in [6, 6.07) is 12.9. The number of carboxylic acid groups (broad SMARTS) is 1.